The van der Waals surface area contributed by atoms with Gasteiger partial charge in [-0.05, 0) is 51.0 Å². The van der Waals surface area contributed by atoms with Crippen LogP contribution in [0, 0.1) is 13.8 Å². The molecule has 1 atom stereocenters. The molecular weight excluding hydrogens is 472 g/mol. The van der Waals surface area contributed by atoms with Gasteiger partial charge in [0.05, 0.1) is 11.4 Å². The van der Waals surface area contributed by atoms with Crippen molar-refractivity contribution in [3.63, 3.8) is 0 Å². The highest BCUT2D eigenvalue weighted by molar-refractivity contribution is 7.89. The van der Waals surface area contributed by atoms with Crippen LogP contribution in [0.15, 0.2) is 29.2 Å². The van der Waals surface area contributed by atoms with Crippen molar-refractivity contribution in [1.29, 1.82) is 0 Å². The van der Waals surface area contributed by atoms with Crippen LogP contribution < -0.4 is 5.32 Å². The fourth-order valence-electron chi connectivity index (χ4n) is 3.83. The first-order valence-electron chi connectivity index (χ1n) is 10.1. The molecule has 0 aliphatic carbocycles. The van der Waals surface area contributed by atoms with Crippen molar-refractivity contribution >= 4 is 44.6 Å². The second kappa shape index (κ2) is 8.89. The topological polar surface area (TPSA) is 110 Å². The molecule has 170 valence electrons. The number of amides is 1. The van der Waals surface area contributed by atoms with Gasteiger partial charge in [0.2, 0.25) is 15.0 Å². The molecule has 2 aromatic heterocycles. The van der Waals surface area contributed by atoms with Crippen molar-refractivity contribution in [2.75, 3.05) is 18.4 Å². The number of carbonyl (C=O) groups is 1. The predicted molar refractivity (Wildman–Crippen MR) is 123 cm³/mol. The van der Waals surface area contributed by atoms with Crippen molar-refractivity contribution in [3.05, 3.63) is 50.7 Å². The van der Waals surface area contributed by atoms with Gasteiger partial charge in [0.25, 0.3) is 5.91 Å². The Balaban J connectivity index is 1.50. The lowest BCUT2D eigenvalue weighted by Crippen LogP contribution is -2.39. The Kier molecular flexibility index (Phi) is 6.35. The molecule has 4 rings (SSSR count). The monoisotopic (exact) mass is 494 g/mol. The summed E-state index contributed by atoms with van der Waals surface area (Å²) in [6.45, 7) is 4.20. The Bertz CT molecular complexity index is 1250. The molecule has 12 heteroatoms. The summed E-state index contributed by atoms with van der Waals surface area (Å²) >= 11 is 7.06. The van der Waals surface area contributed by atoms with E-state index in [2.05, 4.69) is 20.6 Å². The lowest BCUT2D eigenvalue weighted by molar-refractivity contribution is 0.102. The van der Waals surface area contributed by atoms with E-state index in [1.165, 1.54) is 15.6 Å². The van der Waals surface area contributed by atoms with Crippen LogP contribution in [0.2, 0.25) is 5.02 Å². The second-order valence-corrected chi connectivity index (χ2v) is 11.1. The first-order chi connectivity index (χ1) is 15.2. The third-order valence-corrected chi connectivity index (χ3v) is 8.97. The minimum atomic E-state index is -3.68. The Morgan fingerprint density at radius 2 is 1.94 bits per heavy atom. The standard InChI is InChI=1S/C20H23ClN6O3S2/c1-12-17(13(2)26(3)25-12)32(29,30)27-10-4-5-14(11-27)19-23-24-20(31-19)18(28)22-16-8-6-15(21)7-9-16/h6-9,14H,4-5,10-11H2,1-3H3,(H,22,28)/t14-/m1/s1. The zero-order valence-electron chi connectivity index (χ0n) is 17.9. The molecule has 0 spiro atoms. The third kappa shape index (κ3) is 4.42. The number of benzene rings is 1. The number of aromatic nitrogens is 4. The first-order valence-corrected chi connectivity index (χ1v) is 12.7. The normalized spacial score (nSPS) is 17.4. The molecule has 3 aromatic rings. The fourth-order valence-corrected chi connectivity index (χ4v) is 6.74. The summed E-state index contributed by atoms with van der Waals surface area (Å²) in [7, 11) is -1.95. The van der Waals surface area contributed by atoms with E-state index in [4.69, 9.17) is 11.6 Å². The van der Waals surface area contributed by atoms with E-state index >= 15 is 0 Å². The summed E-state index contributed by atoms with van der Waals surface area (Å²) in [6.07, 6.45) is 1.48. The van der Waals surface area contributed by atoms with E-state index in [1.54, 1.807) is 49.8 Å². The van der Waals surface area contributed by atoms with Crippen molar-refractivity contribution in [2.45, 2.75) is 37.5 Å². The van der Waals surface area contributed by atoms with Gasteiger partial charge in [0.15, 0.2) is 0 Å². The zero-order chi connectivity index (χ0) is 23.0. The third-order valence-electron chi connectivity index (χ3n) is 5.51. The number of hydrogen-bond acceptors (Lipinski definition) is 7. The lowest BCUT2D eigenvalue weighted by Gasteiger charge is -2.30. The van der Waals surface area contributed by atoms with Crippen LogP contribution in [-0.4, -0.2) is 51.7 Å². The molecule has 1 fully saturated rings. The average Bonchev–Trinajstić information content (AvgIpc) is 3.35. The van der Waals surface area contributed by atoms with Crippen LogP contribution in [0.4, 0.5) is 5.69 Å². The highest BCUT2D eigenvalue weighted by Crippen LogP contribution is 2.33. The molecule has 1 amide bonds. The van der Waals surface area contributed by atoms with Crippen LogP contribution >= 0.6 is 22.9 Å². The molecule has 3 heterocycles. The minimum absolute atomic E-state index is 0.120. The predicted octanol–water partition coefficient (Wildman–Crippen LogP) is 3.36. The molecule has 1 aromatic carbocycles. The molecule has 0 unspecified atom stereocenters. The van der Waals surface area contributed by atoms with E-state index in [0.29, 0.717) is 46.6 Å². The van der Waals surface area contributed by atoms with Crippen LogP contribution in [0.25, 0.3) is 0 Å². The van der Waals surface area contributed by atoms with Gasteiger partial charge in [-0.1, -0.05) is 22.9 Å². The lowest BCUT2D eigenvalue weighted by atomic mass is 10.0. The number of halogens is 1. The highest BCUT2D eigenvalue weighted by Gasteiger charge is 2.35. The number of aryl methyl sites for hydroxylation is 2. The molecule has 32 heavy (non-hydrogen) atoms. The van der Waals surface area contributed by atoms with Crippen LogP contribution in [0.1, 0.15) is 45.0 Å². The smallest absolute Gasteiger partial charge is 0.286 e. The first kappa shape index (κ1) is 22.8. The number of nitrogens with zero attached hydrogens (tertiary/aromatic N) is 5. The molecule has 0 saturated carbocycles. The second-order valence-electron chi connectivity index (χ2n) is 7.73. The number of anilines is 1. The van der Waals surface area contributed by atoms with Gasteiger partial charge >= 0.3 is 0 Å². The Morgan fingerprint density at radius 1 is 1.22 bits per heavy atom. The Labute approximate surface area is 195 Å². The summed E-state index contributed by atoms with van der Waals surface area (Å²) < 4.78 is 29.7. The minimum Gasteiger partial charge on any atom is -0.320 e. The summed E-state index contributed by atoms with van der Waals surface area (Å²) in [4.78, 5) is 12.8. The fraction of sp³-hybridized carbons (Fsp3) is 0.400. The van der Waals surface area contributed by atoms with Crippen LogP contribution in [0.3, 0.4) is 0 Å². The van der Waals surface area contributed by atoms with Gasteiger partial charge in [-0.3, -0.25) is 9.48 Å². The number of rotatable bonds is 5. The number of sulfonamides is 1. The number of hydrogen-bond donors (Lipinski definition) is 1. The van der Waals surface area contributed by atoms with Gasteiger partial charge in [-0.2, -0.15) is 9.40 Å². The van der Waals surface area contributed by atoms with Gasteiger partial charge in [-0.25, -0.2) is 8.42 Å². The van der Waals surface area contributed by atoms with Crippen molar-refractivity contribution < 1.29 is 13.2 Å². The van der Waals surface area contributed by atoms with E-state index in [0.717, 1.165) is 6.42 Å². The van der Waals surface area contributed by atoms with Gasteiger partial charge in [0, 0.05) is 36.8 Å². The number of piperidine rings is 1. The van der Waals surface area contributed by atoms with Gasteiger partial charge in [0.1, 0.15) is 9.90 Å². The summed E-state index contributed by atoms with van der Waals surface area (Å²) in [5, 5.41) is 16.7. The van der Waals surface area contributed by atoms with E-state index in [-0.39, 0.29) is 21.7 Å². The van der Waals surface area contributed by atoms with E-state index < -0.39 is 10.0 Å². The summed E-state index contributed by atoms with van der Waals surface area (Å²) in [6, 6.07) is 6.78. The molecule has 1 N–H and O–H groups in total. The number of nitrogens with one attached hydrogen (secondary N) is 1. The number of carbonyl (C=O) groups excluding carboxylic acids is 1. The largest absolute Gasteiger partial charge is 0.320 e. The SMILES string of the molecule is Cc1nn(C)c(C)c1S(=O)(=O)N1CCC[C@@H](c2nnc(C(=O)Nc3ccc(Cl)cc3)s2)C1. The Hall–Kier alpha value is -2.34. The molecular formula is C20H23ClN6O3S2. The van der Waals surface area contributed by atoms with Crippen molar-refractivity contribution in [3.8, 4) is 0 Å². The maximum absolute atomic E-state index is 13.3. The van der Waals surface area contributed by atoms with Gasteiger partial charge < -0.3 is 5.32 Å². The molecule has 0 bridgehead atoms. The average molecular weight is 495 g/mol. The van der Waals surface area contributed by atoms with Gasteiger partial charge in [-0.15, -0.1) is 10.2 Å². The van der Waals surface area contributed by atoms with E-state index in [1.807, 2.05) is 0 Å². The molecule has 0 radical (unpaired) electrons. The molecule has 9 nitrogen and oxygen atoms in total. The zero-order valence-corrected chi connectivity index (χ0v) is 20.3. The summed E-state index contributed by atoms with van der Waals surface area (Å²) in [5.74, 6) is -0.483. The van der Waals surface area contributed by atoms with E-state index in [9.17, 15) is 13.2 Å². The molecule has 1 aliphatic heterocycles. The molecule has 1 aliphatic rings. The Morgan fingerprint density at radius 3 is 2.59 bits per heavy atom. The molecule has 1 saturated heterocycles. The van der Waals surface area contributed by atoms with Crippen LogP contribution in [-0.2, 0) is 17.1 Å². The van der Waals surface area contributed by atoms with Crippen molar-refractivity contribution in [2.24, 2.45) is 7.05 Å². The maximum Gasteiger partial charge on any atom is 0.286 e. The maximum atomic E-state index is 13.3. The summed E-state index contributed by atoms with van der Waals surface area (Å²) in [5.41, 5.74) is 1.71. The highest BCUT2D eigenvalue weighted by atomic mass is 35.5. The quantitative estimate of drug-likeness (QED) is 0.582. The van der Waals surface area contributed by atoms with Crippen LogP contribution in [0.5, 0.6) is 0 Å². The van der Waals surface area contributed by atoms with Crippen molar-refractivity contribution in [1.82, 2.24) is 24.3 Å².